The van der Waals surface area contributed by atoms with Gasteiger partial charge in [0.25, 0.3) is 0 Å². The van der Waals surface area contributed by atoms with Crippen LogP contribution in [0.25, 0.3) is 0 Å². The van der Waals surface area contributed by atoms with E-state index in [-0.39, 0.29) is 6.04 Å². The van der Waals surface area contributed by atoms with E-state index >= 15 is 0 Å². The van der Waals surface area contributed by atoms with Gasteiger partial charge in [-0.15, -0.1) is 0 Å². The number of hydrogen-bond acceptors (Lipinski definition) is 4. The molecule has 20 heavy (non-hydrogen) atoms. The Morgan fingerprint density at radius 3 is 2.65 bits per heavy atom. The zero-order valence-electron chi connectivity index (χ0n) is 12.3. The molecule has 2 aromatic rings. The first-order valence-electron chi connectivity index (χ1n) is 6.88. The molecule has 1 atom stereocenters. The predicted octanol–water partition coefficient (Wildman–Crippen LogP) is 2.69. The quantitative estimate of drug-likeness (QED) is 0.877. The predicted molar refractivity (Wildman–Crippen MR) is 79.9 cm³/mol. The maximum Gasteiger partial charge on any atom is 0.145 e. The van der Waals surface area contributed by atoms with E-state index in [0.717, 1.165) is 24.5 Å². The van der Waals surface area contributed by atoms with Gasteiger partial charge in [-0.1, -0.05) is 24.6 Å². The van der Waals surface area contributed by atoms with Crippen molar-refractivity contribution in [3.63, 3.8) is 0 Å². The summed E-state index contributed by atoms with van der Waals surface area (Å²) in [6, 6.07) is 8.16. The van der Waals surface area contributed by atoms with Crippen molar-refractivity contribution in [2.45, 2.75) is 26.3 Å². The highest BCUT2D eigenvalue weighted by Gasteiger charge is 2.16. The van der Waals surface area contributed by atoms with Gasteiger partial charge in [-0.25, -0.2) is 9.97 Å². The minimum atomic E-state index is 0.0944. The molecule has 0 aliphatic rings. The van der Waals surface area contributed by atoms with Crippen LogP contribution in [0.15, 0.2) is 36.7 Å². The minimum Gasteiger partial charge on any atom is -0.496 e. The molecule has 4 heteroatoms. The number of aryl methyl sites for hydroxylation is 1. The third-order valence-corrected chi connectivity index (χ3v) is 3.21. The summed E-state index contributed by atoms with van der Waals surface area (Å²) >= 11 is 0. The topological polar surface area (TPSA) is 47.0 Å². The Morgan fingerprint density at radius 2 is 2.00 bits per heavy atom. The van der Waals surface area contributed by atoms with E-state index in [1.807, 2.05) is 12.1 Å². The zero-order chi connectivity index (χ0) is 14.4. The van der Waals surface area contributed by atoms with E-state index in [4.69, 9.17) is 4.74 Å². The summed E-state index contributed by atoms with van der Waals surface area (Å²) < 4.78 is 5.45. The van der Waals surface area contributed by atoms with Crippen LogP contribution in [-0.4, -0.2) is 23.6 Å². The van der Waals surface area contributed by atoms with Crippen molar-refractivity contribution in [2.24, 2.45) is 0 Å². The summed E-state index contributed by atoms with van der Waals surface area (Å²) in [7, 11) is 1.70. The number of benzene rings is 1. The smallest absolute Gasteiger partial charge is 0.145 e. The van der Waals surface area contributed by atoms with Gasteiger partial charge in [-0.05, 0) is 37.6 Å². The molecule has 0 bridgehead atoms. The van der Waals surface area contributed by atoms with Crippen LogP contribution >= 0.6 is 0 Å². The van der Waals surface area contributed by atoms with Crippen molar-refractivity contribution in [2.75, 3.05) is 13.7 Å². The second kappa shape index (κ2) is 7.01. The molecule has 0 saturated heterocycles. The first-order valence-corrected chi connectivity index (χ1v) is 6.88. The van der Waals surface area contributed by atoms with E-state index in [2.05, 4.69) is 41.3 Å². The first-order chi connectivity index (χ1) is 9.74. The molecule has 0 saturated carbocycles. The molecule has 0 amide bonds. The van der Waals surface area contributed by atoms with Crippen LogP contribution in [0.4, 0.5) is 0 Å². The third kappa shape index (κ3) is 3.54. The van der Waals surface area contributed by atoms with Crippen molar-refractivity contribution in [1.29, 1.82) is 0 Å². The number of nitrogens with zero attached hydrogens (tertiary/aromatic N) is 2. The monoisotopic (exact) mass is 271 g/mol. The summed E-state index contributed by atoms with van der Waals surface area (Å²) in [5.41, 5.74) is 2.40. The zero-order valence-corrected chi connectivity index (χ0v) is 12.3. The molecular formula is C16H21N3O. The van der Waals surface area contributed by atoms with Gasteiger partial charge >= 0.3 is 0 Å². The van der Waals surface area contributed by atoms with Crippen LogP contribution in [0.3, 0.4) is 0 Å². The number of rotatable bonds is 6. The number of likely N-dealkylation sites (N-methyl/N-ethyl adjacent to an activating group) is 1. The van der Waals surface area contributed by atoms with Crippen LogP contribution in [0.1, 0.15) is 29.9 Å². The second-order valence-electron chi connectivity index (χ2n) is 4.74. The molecule has 1 aromatic carbocycles. The number of aromatic nitrogens is 2. The Hall–Kier alpha value is -1.94. The van der Waals surface area contributed by atoms with E-state index in [1.165, 1.54) is 11.1 Å². The van der Waals surface area contributed by atoms with Crippen LogP contribution in [0.2, 0.25) is 0 Å². The summed E-state index contributed by atoms with van der Waals surface area (Å²) in [6.07, 6.45) is 4.36. The van der Waals surface area contributed by atoms with E-state index in [1.54, 1.807) is 19.5 Å². The normalized spacial score (nSPS) is 12.2. The Kier molecular flexibility index (Phi) is 5.07. The Bertz CT molecular complexity index is 543. The lowest BCUT2D eigenvalue weighted by Gasteiger charge is -2.18. The summed E-state index contributed by atoms with van der Waals surface area (Å²) in [5.74, 6) is 1.73. The second-order valence-corrected chi connectivity index (χ2v) is 4.74. The van der Waals surface area contributed by atoms with Gasteiger partial charge in [0.2, 0.25) is 0 Å². The maximum absolute atomic E-state index is 5.45. The molecule has 1 heterocycles. The lowest BCUT2D eigenvalue weighted by Crippen LogP contribution is -2.25. The molecule has 1 N–H and O–H groups in total. The van der Waals surface area contributed by atoms with Crippen molar-refractivity contribution in [3.05, 3.63) is 53.6 Å². The highest BCUT2D eigenvalue weighted by Crippen LogP contribution is 2.24. The molecule has 1 unspecified atom stereocenters. The minimum absolute atomic E-state index is 0.0944. The number of ether oxygens (including phenoxy) is 1. The molecular weight excluding hydrogens is 250 g/mol. The summed E-state index contributed by atoms with van der Waals surface area (Å²) in [6.45, 7) is 5.05. The van der Waals surface area contributed by atoms with Crippen molar-refractivity contribution in [3.8, 4) is 5.75 Å². The Balaban J connectivity index is 2.26. The molecule has 0 radical (unpaired) electrons. The summed E-state index contributed by atoms with van der Waals surface area (Å²) in [4.78, 5) is 8.71. The van der Waals surface area contributed by atoms with Gasteiger partial charge in [-0.3, -0.25) is 0 Å². The van der Waals surface area contributed by atoms with Crippen LogP contribution in [0.5, 0.6) is 5.75 Å². The van der Waals surface area contributed by atoms with E-state index in [9.17, 15) is 0 Å². The van der Waals surface area contributed by atoms with Gasteiger partial charge in [0.05, 0.1) is 13.2 Å². The van der Waals surface area contributed by atoms with Gasteiger partial charge in [-0.2, -0.15) is 0 Å². The first kappa shape index (κ1) is 14.5. The fourth-order valence-electron chi connectivity index (χ4n) is 2.28. The summed E-state index contributed by atoms with van der Waals surface area (Å²) in [5, 5.41) is 3.44. The standard InChI is InChI=1S/C16H21N3O/c1-4-17-14(16-18-8-5-9-19-16)11-13-10-12(2)6-7-15(13)20-3/h5-10,14,17H,4,11H2,1-3H3. The van der Waals surface area contributed by atoms with Gasteiger partial charge in [0.1, 0.15) is 11.6 Å². The molecule has 0 fully saturated rings. The lowest BCUT2D eigenvalue weighted by molar-refractivity contribution is 0.404. The third-order valence-electron chi connectivity index (χ3n) is 3.21. The van der Waals surface area contributed by atoms with E-state index < -0.39 is 0 Å². The van der Waals surface area contributed by atoms with Gasteiger partial charge < -0.3 is 10.1 Å². The molecule has 2 rings (SSSR count). The highest BCUT2D eigenvalue weighted by atomic mass is 16.5. The molecule has 4 nitrogen and oxygen atoms in total. The number of methoxy groups -OCH3 is 1. The molecule has 0 aliphatic carbocycles. The SMILES string of the molecule is CCNC(Cc1cc(C)ccc1OC)c1ncccn1. The van der Waals surface area contributed by atoms with Crippen molar-refractivity contribution >= 4 is 0 Å². The average molecular weight is 271 g/mol. The lowest BCUT2D eigenvalue weighted by atomic mass is 10.0. The van der Waals surface area contributed by atoms with Gasteiger partial charge in [0.15, 0.2) is 0 Å². The highest BCUT2D eigenvalue weighted by molar-refractivity contribution is 5.37. The number of nitrogens with one attached hydrogen (secondary N) is 1. The largest absolute Gasteiger partial charge is 0.496 e. The molecule has 0 spiro atoms. The van der Waals surface area contributed by atoms with Crippen LogP contribution in [0, 0.1) is 6.92 Å². The van der Waals surface area contributed by atoms with Gasteiger partial charge in [0, 0.05) is 12.4 Å². The fraction of sp³-hybridized carbons (Fsp3) is 0.375. The molecule has 1 aromatic heterocycles. The maximum atomic E-state index is 5.45. The van der Waals surface area contributed by atoms with Crippen LogP contribution in [-0.2, 0) is 6.42 Å². The van der Waals surface area contributed by atoms with Crippen molar-refractivity contribution < 1.29 is 4.74 Å². The van der Waals surface area contributed by atoms with E-state index in [0.29, 0.717) is 0 Å². The number of hydrogen-bond donors (Lipinski definition) is 1. The fourth-order valence-corrected chi connectivity index (χ4v) is 2.28. The molecule has 106 valence electrons. The Morgan fingerprint density at radius 1 is 1.25 bits per heavy atom. The average Bonchev–Trinajstić information content (AvgIpc) is 2.48. The van der Waals surface area contributed by atoms with Crippen molar-refractivity contribution in [1.82, 2.24) is 15.3 Å². The Labute approximate surface area is 120 Å². The van der Waals surface area contributed by atoms with Crippen LogP contribution < -0.4 is 10.1 Å². The molecule has 0 aliphatic heterocycles.